The Kier molecular flexibility index (Phi) is 3.49. The lowest BCUT2D eigenvalue weighted by molar-refractivity contribution is -0.00113. The number of rotatable bonds is 0. The third-order valence-corrected chi connectivity index (χ3v) is 3.10. The molecule has 0 aromatic carbocycles. The number of aliphatic hydroxyl groups excluding tert-OH is 1. The average Bonchev–Trinajstić information content (AvgIpc) is 2.31. The van der Waals surface area contributed by atoms with Crippen molar-refractivity contribution in [3.63, 3.8) is 0 Å². The van der Waals surface area contributed by atoms with Gasteiger partial charge in [0.15, 0.2) is 0 Å². The second-order valence-corrected chi connectivity index (χ2v) is 5.80. The Balaban J connectivity index is 2.25. The zero-order chi connectivity index (χ0) is 14.2. The molecule has 2 atom stereocenters. The number of pyridine rings is 1. The standard InChI is InChI=1S/C14H20N2O3/c1-9-10-6-5-7-15-12(10)11(17)8-16(9)13(18)19-14(2,3)4/h5-7,9,11,17H,8H2,1-4H3/t9-,11?/m1/s1. The van der Waals surface area contributed by atoms with Crippen LogP contribution in [0, 0.1) is 0 Å². The van der Waals surface area contributed by atoms with Crippen molar-refractivity contribution in [2.75, 3.05) is 6.54 Å². The van der Waals surface area contributed by atoms with Gasteiger partial charge in [-0.15, -0.1) is 0 Å². The molecule has 2 heterocycles. The Labute approximate surface area is 113 Å². The first kappa shape index (κ1) is 13.8. The summed E-state index contributed by atoms with van der Waals surface area (Å²) in [5, 5.41) is 10.1. The van der Waals surface area contributed by atoms with Gasteiger partial charge in [0.25, 0.3) is 0 Å². The molecule has 0 fully saturated rings. The van der Waals surface area contributed by atoms with Gasteiger partial charge < -0.3 is 9.84 Å². The molecule has 19 heavy (non-hydrogen) atoms. The molecule has 0 saturated heterocycles. The van der Waals surface area contributed by atoms with Crippen LogP contribution in [0.25, 0.3) is 0 Å². The number of nitrogens with zero attached hydrogens (tertiary/aromatic N) is 2. The predicted octanol–water partition coefficient (Wildman–Crippen LogP) is 2.43. The van der Waals surface area contributed by atoms with Crippen molar-refractivity contribution >= 4 is 6.09 Å². The van der Waals surface area contributed by atoms with E-state index in [1.807, 2.05) is 33.8 Å². The number of carbonyl (C=O) groups is 1. The Bertz CT molecular complexity index is 482. The Morgan fingerprint density at radius 1 is 1.53 bits per heavy atom. The van der Waals surface area contributed by atoms with Crippen LogP contribution in [0.3, 0.4) is 0 Å². The zero-order valence-corrected chi connectivity index (χ0v) is 11.8. The quantitative estimate of drug-likeness (QED) is 0.781. The number of hydrogen-bond donors (Lipinski definition) is 1. The number of fused-ring (bicyclic) bond motifs is 1. The molecule has 1 amide bonds. The molecule has 0 saturated carbocycles. The molecule has 1 aromatic rings. The van der Waals surface area contributed by atoms with Gasteiger partial charge in [0.2, 0.25) is 0 Å². The lowest BCUT2D eigenvalue weighted by atomic mass is 9.97. The molecule has 2 rings (SSSR count). The van der Waals surface area contributed by atoms with E-state index >= 15 is 0 Å². The van der Waals surface area contributed by atoms with Gasteiger partial charge in [-0.2, -0.15) is 0 Å². The van der Waals surface area contributed by atoms with E-state index in [1.54, 1.807) is 17.2 Å². The molecular formula is C14H20N2O3. The lowest BCUT2D eigenvalue weighted by Crippen LogP contribution is -2.43. The number of β-amino-alcohol motifs (C(OH)–C–C–N with tert-alkyl or cyclic N) is 1. The highest BCUT2D eigenvalue weighted by molar-refractivity contribution is 5.69. The van der Waals surface area contributed by atoms with Gasteiger partial charge in [0.05, 0.1) is 18.3 Å². The van der Waals surface area contributed by atoms with Crippen molar-refractivity contribution in [1.29, 1.82) is 0 Å². The molecule has 1 aromatic heterocycles. The van der Waals surface area contributed by atoms with Crippen LogP contribution in [0.15, 0.2) is 18.3 Å². The fourth-order valence-electron chi connectivity index (χ4n) is 2.21. The second-order valence-electron chi connectivity index (χ2n) is 5.80. The molecule has 0 aliphatic carbocycles. The topological polar surface area (TPSA) is 62.7 Å². The van der Waals surface area contributed by atoms with Gasteiger partial charge in [-0.25, -0.2) is 4.79 Å². The van der Waals surface area contributed by atoms with E-state index in [0.717, 1.165) is 5.56 Å². The van der Waals surface area contributed by atoms with Gasteiger partial charge in [-0.1, -0.05) is 6.07 Å². The van der Waals surface area contributed by atoms with E-state index in [2.05, 4.69) is 4.98 Å². The monoisotopic (exact) mass is 264 g/mol. The molecule has 0 radical (unpaired) electrons. The molecule has 0 spiro atoms. The molecular weight excluding hydrogens is 244 g/mol. The van der Waals surface area contributed by atoms with Crippen molar-refractivity contribution in [3.8, 4) is 0 Å². The minimum absolute atomic E-state index is 0.151. The summed E-state index contributed by atoms with van der Waals surface area (Å²) in [5.74, 6) is 0. The zero-order valence-electron chi connectivity index (χ0n) is 11.8. The van der Waals surface area contributed by atoms with Crippen molar-refractivity contribution < 1.29 is 14.6 Å². The number of aliphatic hydroxyl groups is 1. The molecule has 0 bridgehead atoms. The van der Waals surface area contributed by atoms with E-state index in [9.17, 15) is 9.90 Å². The van der Waals surface area contributed by atoms with Crippen LogP contribution in [0.1, 0.15) is 51.1 Å². The summed E-state index contributed by atoms with van der Waals surface area (Å²) in [6.45, 7) is 7.60. The molecule has 1 N–H and O–H groups in total. The molecule has 104 valence electrons. The number of carbonyl (C=O) groups excluding carboxylic acids is 1. The van der Waals surface area contributed by atoms with E-state index in [0.29, 0.717) is 5.69 Å². The predicted molar refractivity (Wildman–Crippen MR) is 70.6 cm³/mol. The van der Waals surface area contributed by atoms with Gasteiger partial charge in [-0.3, -0.25) is 9.88 Å². The summed E-state index contributed by atoms with van der Waals surface area (Å²) >= 11 is 0. The second kappa shape index (κ2) is 4.81. The van der Waals surface area contributed by atoms with E-state index in [1.165, 1.54) is 0 Å². The molecule has 1 aliphatic rings. The highest BCUT2D eigenvalue weighted by atomic mass is 16.6. The fourth-order valence-corrected chi connectivity index (χ4v) is 2.21. The summed E-state index contributed by atoms with van der Waals surface area (Å²) in [5.41, 5.74) is 0.971. The number of ether oxygens (including phenoxy) is 1. The summed E-state index contributed by atoms with van der Waals surface area (Å²) in [6, 6.07) is 3.54. The van der Waals surface area contributed by atoms with Crippen molar-refractivity contribution in [2.45, 2.75) is 45.4 Å². The van der Waals surface area contributed by atoms with Gasteiger partial charge in [-0.05, 0) is 39.3 Å². The van der Waals surface area contributed by atoms with E-state index in [-0.39, 0.29) is 12.6 Å². The minimum atomic E-state index is -0.764. The summed E-state index contributed by atoms with van der Waals surface area (Å²) < 4.78 is 5.37. The van der Waals surface area contributed by atoms with Crippen LogP contribution in [-0.4, -0.2) is 33.2 Å². The number of aromatic nitrogens is 1. The first-order chi connectivity index (χ1) is 8.79. The summed E-state index contributed by atoms with van der Waals surface area (Å²) in [4.78, 5) is 17.9. The minimum Gasteiger partial charge on any atom is -0.444 e. The molecule has 1 unspecified atom stereocenters. The van der Waals surface area contributed by atoms with Crippen LogP contribution in [0.5, 0.6) is 0 Å². The number of amides is 1. The van der Waals surface area contributed by atoms with E-state index in [4.69, 9.17) is 4.74 Å². The van der Waals surface area contributed by atoms with Crippen molar-refractivity contribution in [1.82, 2.24) is 9.88 Å². The molecule has 5 heteroatoms. The Morgan fingerprint density at radius 3 is 2.84 bits per heavy atom. The fraction of sp³-hybridized carbons (Fsp3) is 0.571. The highest BCUT2D eigenvalue weighted by Crippen LogP contribution is 2.33. The third-order valence-electron chi connectivity index (χ3n) is 3.10. The van der Waals surface area contributed by atoms with Crippen LogP contribution >= 0.6 is 0 Å². The van der Waals surface area contributed by atoms with Crippen LogP contribution < -0.4 is 0 Å². The van der Waals surface area contributed by atoms with Gasteiger partial charge in [0, 0.05) is 6.20 Å². The largest absolute Gasteiger partial charge is 0.444 e. The van der Waals surface area contributed by atoms with Crippen LogP contribution in [0.2, 0.25) is 0 Å². The summed E-state index contributed by atoms with van der Waals surface area (Å²) in [7, 11) is 0. The maximum atomic E-state index is 12.2. The Hall–Kier alpha value is -1.62. The van der Waals surface area contributed by atoms with E-state index < -0.39 is 17.8 Å². The lowest BCUT2D eigenvalue weighted by Gasteiger charge is -2.37. The SMILES string of the molecule is C[C@@H]1c2cccnc2C(O)CN1C(=O)OC(C)(C)C. The van der Waals surface area contributed by atoms with Crippen molar-refractivity contribution in [3.05, 3.63) is 29.6 Å². The maximum Gasteiger partial charge on any atom is 0.410 e. The highest BCUT2D eigenvalue weighted by Gasteiger charge is 2.35. The normalized spacial score (nSPS) is 22.9. The van der Waals surface area contributed by atoms with Crippen LogP contribution in [-0.2, 0) is 4.74 Å². The molecule has 1 aliphatic heterocycles. The third kappa shape index (κ3) is 2.87. The van der Waals surface area contributed by atoms with Gasteiger partial charge >= 0.3 is 6.09 Å². The smallest absolute Gasteiger partial charge is 0.410 e. The first-order valence-corrected chi connectivity index (χ1v) is 6.42. The van der Waals surface area contributed by atoms with Crippen molar-refractivity contribution in [2.24, 2.45) is 0 Å². The molecule has 5 nitrogen and oxygen atoms in total. The summed E-state index contributed by atoms with van der Waals surface area (Å²) in [6.07, 6.45) is 0.478. The average molecular weight is 264 g/mol. The maximum absolute atomic E-state index is 12.2. The Morgan fingerprint density at radius 2 is 2.21 bits per heavy atom. The number of hydrogen-bond acceptors (Lipinski definition) is 4. The van der Waals surface area contributed by atoms with Crippen LogP contribution in [0.4, 0.5) is 4.79 Å². The van der Waals surface area contributed by atoms with Gasteiger partial charge in [0.1, 0.15) is 11.7 Å². The first-order valence-electron chi connectivity index (χ1n) is 6.42.